The second-order valence-corrected chi connectivity index (χ2v) is 3.44. The Labute approximate surface area is 78.5 Å². The number of hydrogen-bond acceptors (Lipinski definition) is 3. The zero-order valence-corrected chi connectivity index (χ0v) is 7.83. The zero-order valence-electron chi connectivity index (χ0n) is 6.26. The second kappa shape index (κ2) is 3.68. The molecular formula is C8H5ClO2S. The molecule has 0 amide bonds. The average molecular weight is 201 g/mol. The van der Waals surface area contributed by atoms with E-state index in [9.17, 15) is 9.59 Å². The molecule has 1 heterocycles. The number of thiophene rings is 1. The third kappa shape index (κ3) is 1.64. The number of aryl methyl sites for hydroxylation is 1. The Balaban J connectivity index is 3.22. The number of hydrogen-bond donors (Lipinski definition) is 0. The van der Waals surface area contributed by atoms with Crippen LogP contribution in [0.4, 0.5) is 0 Å². The van der Waals surface area contributed by atoms with Gasteiger partial charge >= 0.3 is 0 Å². The fraction of sp³-hybridized carbons (Fsp3) is 0.125. The van der Waals surface area contributed by atoms with Gasteiger partial charge in [0, 0.05) is 0 Å². The maximum Gasteiger partial charge on any atom is 0.264 e. The molecule has 1 rings (SSSR count). The van der Waals surface area contributed by atoms with Gasteiger partial charge in [-0.15, -0.1) is 11.3 Å². The van der Waals surface area contributed by atoms with Crippen LogP contribution in [0, 0.1) is 6.92 Å². The van der Waals surface area contributed by atoms with E-state index in [1.165, 1.54) is 11.3 Å². The van der Waals surface area contributed by atoms with E-state index in [-0.39, 0.29) is 5.57 Å². The minimum atomic E-state index is -0.754. The van der Waals surface area contributed by atoms with E-state index < -0.39 is 5.24 Å². The van der Waals surface area contributed by atoms with Crippen LogP contribution < -0.4 is 0 Å². The van der Waals surface area contributed by atoms with Gasteiger partial charge in [0.15, 0.2) is 0 Å². The maximum absolute atomic E-state index is 10.7. The number of rotatable bonds is 2. The van der Waals surface area contributed by atoms with Crippen LogP contribution in [-0.4, -0.2) is 11.2 Å². The quantitative estimate of drug-likeness (QED) is 0.416. The van der Waals surface area contributed by atoms with E-state index in [2.05, 4.69) is 0 Å². The molecule has 62 valence electrons. The lowest BCUT2D eigenvalue weighted by atomic mass is 10.2. The van der Waals surface area contributed by atoms with Gasteiger partial charge in [-0.3, -0.25) is 4.79 Å². The summed E-state index contributed by atoms with van der Waals surface area (Å²) in [6, 6.07) is 1.82. The lowest BCUT2D eigenvalue weighted by Gasteiger charge is -1.93. The summed E-state index contributed by atoms with van der Waals surface area (Å²) in [5, 5.41) is 1.04. The molecule has 1 aromatic heterocycles. The SMILES string of the molecule is Cc1ccsc1C(=C=O)C(=O)Cl. The summed E-state index contributed by atoms with van der Waals surface area (Å²) in [6.07, 6.45) is 0. The predicted octanol–water partition coefficient (Wildman–Crippen LogP) is 2.04. The highest BCUT2D eigenvalue weighted by atomic mass is 35.5. The molecule has 0 atom stereocenters. The first kappa shape index (κ1) is 9.20. The van der Waals surface area contributed by atoms with Crippen LogP contribution >= 0.6 is 22.9 Å². The Kier molecular flexibility index (Phi) is 2.82. The van der Waals surface area contributed by atoms with Crippen LogP contribution in [0.1, 0.15) is 10.4 Å². The molecule has 0 unspecified atom stereocenters. The summed E-state index contributed by atoms with van der Waals surface area (Å²) in [5.74, 6) is 1.54. The van der Waals surface area contributed by atoms with Gasteiger partial charge in [0.25, 0.3) is 5.24 Å². The van der Waals surface area contributed by atoms with E-state index in [0.717, 1.165) is 5.56 Å². The first-order chi connectivity index (χ1) is 5.66. The van der Waals surface area contributed by atoms with Crippen molar-refractivity contribution in [1.29, 1.82) is 0 Å². The Morgan fingerprint density at radius 2 is 2.33 bits per heavy atom. The predicted molar refractivity (Wildman–Crippen MR) is 49.0 cm³/mol. The van der Waals surface area contributed by atoms with Crippen molar-refractivity contribution in [2.75, 3.05) is 0 Å². The Morgan fingerprint density at radius 1 is 1.67 bits per heavy atom. The van der Waals surface area contributed by atoms with E-state index >= 15 is 0 Å². The molecule has 0 spiro atoms. The highest BCUT2D eigenvalue weighted by Crippen LogP contribution is 2.24. The molecule has 1 aromatic rings. The van der Waals surface area contributed by atoms with Gasteiger partial charge in [0.2, 0.25) is 0 Å². The van der Waals surface area contributed by atoms with Crippen molar-refractivity contribution in [1.82, 2.24) is 0 Å². The van der Waals surface area contributed by atoms with Crippen LogP contribution in [0.3, 0.4) is 0 Å². The van der Waals surface area contributed by atoms with Crippen molar-refractivity contribution in [3.8, 4) is 0 Å². The highest BCUT2D eigenvalue weighted by Gasteiger charge is 2.13. The minimum Gasteiger partial charge on any atom is -0.275 e. The molecule has 2 nitrogen and oxygen atoms in total. The molecule has 0 saturated heterocycles. The van der Waals surface area contributed by atoms with Crippen molar-refractivity contribution in [2.45, 2.75) is 6.92 Å². The fourth-order valence-electron chi connectivity index (χ4n) is 0.805. The standard InChI is InChI=1S/C8H5ClO2S/c1-5-2-3-12-7(5)6(4-10)8(9)11/h2-3H,1H3. The molecule has 0 aliphatic carbocycles. The van der Waals surface area contributed by atoms with Gasteiger partial charge in [-0.2, -0.15) is 0 Å². The van der Waals surface area contributed by atoms with Gasteiger partial charge in [-0.05, 0) is 35.5 Å². The van der Waals surface area contributed by atoms with Gasteiger partial charge < -0.3 is 0 Å². The number of carbonyl (C=O) groups is 1. The lowest BCUT2D eigenvalue weighted by Crippen LogP contribution is -1.92. The third-order valence-electron chi connectivity index (χ3n) is 1.39. The van der Waals surface area contributed by atoms with Crippen LogP contribution in [0.25, 0.3) is 5.57 Å². The number of halogens is 1. The summed E-state index contributed by atoms with van der Waals surface area (Å²) < 4.78 is 0. The Bertz CT molecular complexity index is 361. The maximum atomic E-state index is 10.7. The summed E-state index contributed by atoms with van der Waals surface area (Å²) in [4.78, 5) is 21.6. The molecule has 0 bridgehead atoms. The Hall–Kier alpha value is -0.890. The van der Waals surface area contributed by atoms with Crippen molar-refractivity contribution in [3.05, 3.63) is 21.9 Å². The van der Waals surface area contributed by atoms with Crippen molar-refractivity contribution in [2.24, 2.45) is 0 Å². The first-order valence-electron chi connectivity index (χ1n) is 3.16. The summed E-state index contributed by atoms with van der Waals surface area (Å²) in [5.41, 5.74) is 0.788. The highest BCUT2D eigenvalue weighted by molar-refractivity contribution is 7.12. The lowest BCUT2D eigenvalue weighted by molar-refractivity contribution is -0.106. The van der Waals surface area contributed by atoms with Crippen LogP contribution in [0.15, 0.2) is 11.4 Å². The smallest absolute Gasteiger partial charge is 0.264 e. The summed E-state index contributed by atoms with van der Waals surface area (Å²) in [6.45, 7) is 1.81. The molecule has 0 fully saturated rings. The molecule has 0 aromatic carbocycles. The van der Waals surface area contributed by atoms with Gasteiger partial charge in [-0.1, -0.05) is 0 Å². The van der Waals surface area contributed by atoms with Crippen molar-refractivity contribution >= 4 is 39.7 Å². The van der Waals surface area contributed by atoms with Crippen molar-refractivity contribution in [3.63, 3.8) is 0 Å². The van der Waals surface area contributed by atoms with E-state index in [1.807, 2.05) is 13.0 Å². The van der Waals surface area contributed by atoms with Gasteiger partial charge in [0.1, 0.15) is 11.5 Å². The monoisotopic (exact) mass is 200 g/mol. The summed E-state index contributed by atoms with van der Waals surface area (Å²) >= 11 is 6.48. The van der Waals surface area contributed by atoms with Crippen LogP contribution in [0.2, 0.25) is 0 Å². The average Bonchev–Trinajstić information content (AvgIpc) is 2.38. The fourth-order valence-corrected chi connectivity index (χ4v) is 1.91. The van der Waals surface area contributed by atoms with E-state index in [4.69, 9.17) is 11.6 Å². The van der Waals surface area contributed by atoms with Crippen LogP contribution in [0.5, 0.6) is 0 Å². The topological polar surface area (TPSA) is 34.1 Å². The molecule has 0 aliphatic rings. The molecule has 0 saturated carbocycles. The molecule has 0 aliphatic heterocycles. The molecular weight excluding hydrogens is 196 g/mol. The van der Waals surface area contributed by atoms with E-state index in [0.29, 0.717) is 4.88 Å². The molecule has 4 heteroatoms. The zero-order chi connectivity index (χ0) is 9.14. The van der Waals surface area contributed by atoms with Crippen LogP contribution in [-0.2, 0) is 9.59 Å². The molecule has 0 radical (unpaired) electrons. The number of allylic oxidation sites excluding steroid dienone is 1. The largest absolute Gasteiger partial charge is 0.275 e. The summed E-state index contributed by atoms with van der Waals surface area (Å²) in [7, 11) is 0. The van der Waals surface area contributed by atoms with Crippen molar-refractivity contribution < 1.29 is 9.59 Å². The Morgan fingerprint density at radius 3 is 2.67 bits per heavy atom. The normalized spacial score (nSPS) is 9.17. The second-order valence-electron chi connectivity index (χ2n) is 2.18. The van der Waals surface area contributed by atoms with Gasteiger partial charge in [-0.25, -0.2) is 4.79 Å². The molecule has 0 N–H and O–H groups in total. The minimum absolute atomic E-state index is 0.0795. The third-order valence-corrected chi connectivity index (χ3v) is 2.61. The molecule has 12 heavy (non-hydrogen) atoms. The number of carbonyl (C=O) groups excluding carboxylic acids is 2. The first-order valence-corrected chi connectivity index (χ1v) is 4.42. The van der Waals surface area contributed by atoms with E-state index in [1.54, 1.807) is 11.3 Å². The van der Waals surface area contributed by atoms with Gasteiger partial charge in [0.05, 0.1) is 4.88 Å².